The molecule has 0 aliphatic carbocycles. The molecule has 1 nitrogen and oxygen atoms in total. The Hall–Kier alpha value is 0.830. The van der Waals surface area contributed by atoms with Crippen LogP contribution in [0.3, 0.4) is 0 Å². The van der Waals surface area contributed by atoms with Crippen molar-refractivity contribution in [1.29, 1.82) is 0 Å². The second-order valence-electron chi connectivity index (χ2n) is 7.07. The summed E-state index contributed by atoms with van der Waals surface area (Å²) in [5.74, 6) is 0. The van der Waals surface area contributed by atoms with Crippen molar-refractivity contribution in [2.45, 2.75) is 91.8 Å². The SMILES string of the molecule is CC(C)N(CCC[CH2][In]([CH](C)C)[CH](C)C)C(C)C. The predicted octanol–water partition coefficient (Wildman–Crippen LogP) is 5.20. The third-order valence-corrected chi connectivity index (χ3v) is 17.1. The molecule has 0 atom stereocenters. The molecule has 0 aliphatic rings. The van der Waals surface area contributed by atoms with Crippen molar-refractivity contribution in [3.8, 4) is 0 Å². The molecule has 2 heteroatoms. The van der Waals surface area contributed by atoms with Gasteiger partial charge in [-0.25, -0.2) is 0 Å². The van der Waals surface area contributed by atoms with Crippen LogP contribution in [0, 0.1) is 0 Å². The number of hydrogen-bond donors (Lipinski definition) is 0. The van der Waals surface area contributed by atoms with Crippen LogP contribution >= 0.6 is 0 Å². The molecule has 0 aromatic carbocycles. The van der Waals surface area contributed by atoms with Gasteiger partial charge in [-0.05, 0) is 0 Å². The van der Waals surface area contributed by atoms with Crippen LogP contribution < -0.4 is 0 Å². The van der Waals surface area contributed by atoms with Crippen LogP contribution in [0.25, 0.3) is 0 Å². The molecule has 0 bridgehead atoms. The van der Waals surface area contributed by atoms with Gasteiger partial charge in [0, 0.05) is 0 Å². The summed E-state index contributed by atoms with van der Waals surface area (Å²) < 4.78 is 3.69. The Balaban J connectivity index is 3.96. The van der Waals surface area contributed by atoms with Crippen LogP contribution in [0.1, 0.15) is 68.2 Å². The minimum atomic E-state index is -1.23. The van der Waals surface area contributed by atoms with Gasteiger partial charge in [-0.1, -0.05) is 0 Å². The van der Waals surface area contributed by atoms with E-state index in [9.17, 15) is 0 Å². The first-order valence-corrected chi connectivity index (χ1v) is 14.2. The Kier molecular flexibility index (Phi) is 10.1. The summed E-state index contributed by atoms with van der Waals surface area (Å²) in [6.45, 7) is 20.5. The molecule has 0 rings (SSSR count). The van der Waals surface area contributed by atoms with E-state index in [1.54, 1.807) is 4.18 Å². The zero-order chi connectivity index (χ0) is 14.3. The molecule has 0 aromatic rings. The average Bonchev–Trinajstić information content (AvgIpc) is 2.20. The van der Waals surface area contributed by atoms with E-state index in [0.29, 0.717) is 12.1 Å². The molecule has 0 unspecified atom stereocenters. The van der Waals surface area contributed by atoms with Gasteiger partial charge in [0.1, 0.15) is 0 Å². The summed E-state index contributed by atoms with van der Waals surface area (Å²) >= 11 is -1.23. The molecule has 108 valence electrons. The van der Waals surface area contributed by atoms with Crippen LogP contribution in [0.15, 0.2) is 0 Å². The fourth-order valence-corrected chi connectivity index (χ4v) is 13.6. The topological polar surface area (TPSA) is 3.24 Å². The van der Waals surface area contributed by atoms with E-state index in [-0.39, 0.29) is 0 Å². The molecule has 0 spiro atoms. The van der Waals surface area contributed by atoms with Crippen LogP contribution in [0.5, 0.6) is 0 Å². The van der Waals surface area contributed by atoms with Crippen molar-refractivity contribution in [3.63, 3.8) is 0 Å². The molecule has 0 aromatic heterocycles. The molecule has 0 radical (unpaired) electrons. The van der Waals surface area contributed by atoms with E-state index in [1.165, 1.54) is 19.4 Å². The summed E-state index contributed by atoms with van der Waals surface area (Å²) in [4.78, 5) is 2.63. The van der Waals surface area contributed by atoms with Gasteiger partial charge < -0.3 is 0 Å². The molecule has 0 heterocycles. The first-order chi connectivity index (χ1) is 8.27. The Morgan fingerprint density at radius 1 is 0.722 bits per heavy atom. The van der Waals surface area contributed by atoms with Gasteiger partial charge in [0.2, 0.25) is 0 Å². The molecular formula is C16H36InN. The zero-order valence-corrected chi connectivity index (χ0v) is 17.5. The fourth-order valence-electron chi connectivity index (χ4n) is 3.22. The molecule has 0 saturated heterocycles. The summed E-state index contributed by atoms with van der Waals surface area (Å²) in [6, 6.07) is 1.39. The van der Waals surface area contributed by atoms with Crippen LogP contribution in [-0.4, -0.2) is 45.0 Å². The van der Waals surface area contributed by atoms with Gasteiger partial charge >= 0.3 is 125 Å². The van der Waals surface area contributed by atoms with Crippen LogP contribution in [0.2, 0.25) is 11.5 Å². The van der Waals surface area contributed by atoms with Crippen molar-refractivity contribution in [2.24, 2.45) is 0 Å². The van der Waals surface area contributed by atoms with Crippen LogP contribution in [-0.2, 0) is 0 Å². The van der Waals surface area contributed by atoms with E-state index < -0.39 is 21.4 Å². The standard InChI is InChI=1S/C10H22N.2C3H7.In/c1-6-7-8-11(9(2)3)10(4)5;2*1-3-2;/h9-10H,1,6-8H2,2-5H3;2*3H,1-2H3;. The molecule has 0 saturated carbocycles. The van der Waals surface area contributed by atoms with Crippen molar-refractivity contribution < 1.29 is 0 Å². The van der Waals surface area contributed by atoms with E-state index in [2.05, 4.69) is 60.3 Å². The molecule has 0 aliphatic heterocycles. The number of hydrogen-bond acceptors (Lipinski definition) is 1. The molecule has 0 amide bonds. The first-order valence-electron chi connectivity index (χ1n) is 8.03. The minimum absolute atomic E-state index is 0.694. The van der Waals surface area contributed by atoms with E-state index in [4.69, 9.17) is 0 Å². The third kappa shape index (κ3) is 7.43. The van der Waals surface area contributed by atoms with Crippen molar-refractivity contribution >= 4 is 21.4 Å². The molecular weight excluding hydrogens is 321 g/mol. The zero-order valence-electron chi connectivity index (χ0n) is 14.2. The summed E-state index contributed by atoms with van der Waals surface area (Å²) in [5.41, 5.74) is 0. The van der Waals surface area contributed by atoms with Gasteiger partial charge in [-0.15, -0.1) is 0 Å². The van der Waals surface area contributed by atoms with E-state index >= 15 is 0 Å². The maximum absolute atomic E-state index is 2.63. The quantitative estimate of drug-likeness (QED) is 0.513. The molecule has 0 fully saturated rings. The molecule has 18 heavy (non-hydrogen) atoms. The second kappa shape index (κ2) is 9.69. The fraction of sp³-hybridized carbons (Fsp3) is 1.00. The normalized spacial score (nSPS) is 12.5. The first kappa shape index (κ1) is 18.8. The summed E-state index contributed by atoms with van der Waals surface area (Å²) in [7, 11) is 0. The van der Waals surface area contributed by atoms with E-state index in [0.717, 1.165) is 7.35 Å². The Labute approximate surface area is 124 Å². The predicted molar refractivity (Wildman–Crippen MR) is 87.0 cm³/mol. The maximum atomic E-state index is 2.63. The number of nitrogens with zero attached hydrogens (tertiary/aromatic N) is 1. The van der Waals surface area contributed by atoms with Gasteiger partial charge in [0.05, 0.1) is 0 Å². The van der Waals surface area contributed by atoms with Gasteiger partial charge in [0.15, 0.2) is 0 Å². The number of rotatable bonds is 9. The molecule has 0 N–H and O–H groups in total. The van der Waals surface area contributed by atoms with E-state index in [1.807, 2.05) is 0 Å². The van der Waals surface area contributed by atoms with Gasteiger partial charge in [0.25, 0.3) is 0 Å². The average molecular weight is 357 g/mol. The summed E-state index contributed by atoms with van der Waals surface area (Å²) in [6.07, 6.45) is 2.89. The Bertz CT molecular complexity index is 161. The third-order valence-electron chi connectivity index (χ3n) is 4.24. The van der Waals surface area contributed by atoms with Gasteiger partial charge in [-0.2, -0.15) is 0 Å². The summed E-state index contributed by atoms with van der Waals surface area (Å²) in [5, 5.41) is 0. The van der Waals surface area contributed by atoms with Crippen molar-refractivity contribution in [1.82, 2.24) is 4.90 Å². The van der Waals surface area contributed by atoms with Crippen molar-refractivity contribution in [2.75, 3.05) is 6.54 Å². The van der Waals surface area contributed by atoms with Crippen molar-refractivity contribution in [3.05, 3.63) is 0 Å². The monoisotopic (exact) mass is 357 g/mol. The Morgan fingerprint density at radius 2 is 1.17 bits per heavy atom. The second-order valence-corrected chi connectivity index (χ2v) is 20.1. The van der Waals surface area contributed by atoms with Gasteiger partial charge in [-0.3, -0.25) is 0 Å². The Morgan fingerprint density at radius 3 is 1.50 bits per heavy atom. The number of unbranched alkanes of at least 4 members (excludes halogenated alkanes) is 1. The van der Waals surface area contributed by atoms with Crippen LogP contribution in [0.4, 0.5) is 0 Å².